The van der Waals surface area contributed by atoms with Crippen LogP contribution in [0.4, 0.5) is 8.78 Å². The van der Waals surface area contributed by atoms with Crippen LogP contribution in [0.3, 0.4) is 0 Å². The zero-order valence-corrected chi connectivity index (χ0v) is 11.4. The van der Waals surface area contributed by atoms with Crippen molar-refractivity contribution in [3.05, 3.63) is 71.3 Å². The molecule has 0 aliphatic carbocycles. The van der Waals surface area contributed by atoms with Gasteiger partial charge in [0.2, 0.25) is 0 Å². The number of carbonyl (C=O) groups is 1. The molecule has 0 aromatic heterocycles. The normalized spacial score (nSPS) is 10.6. The first kappa shape index (κ1) is 15.4. The van der Waals surface area contributed by atoms with Gasteiger partial charge in [-0.15, -0.1) is 0 Å². The molecule has 0 saturated carbocycles. The van der Waals surface area contributed by atoms with Crippen molar-refractivity contribution in [1.82, 2.24) is 0 Å². The van der Waals surface area contributed by atoms with Crippen molar-refractivity contribution >= 4 is 11.9 Å². The number of hydrogen-bond donors (Lipinski definition) is 0. The summed E-state index contributed by atoms with van der Waals surface area (Å²) in [5, 5.41) is 8.70. The predicted octanol–water partition coefficient (Wildman–Crippen LogP) is 4.06. The van der Waals surface area contributed by atoms with Gasteiger partial charge in [-0.25, -0.2) is 0 Å². The molecule has 22 heavy (non-hydrogen) atoms. The van der Waals surface area contributed by atoms with Gasteiger partial charge in [-0.3, -0.25) is 4.79 Å². The molecule has 0 N–H and O–H groups in total. The van der Waals surface area contributed by atoms with Crippen molar-refractivity contribution in [2.75, 3.05) is 0 Å². The second-order valence-electron chi connectivity index (χ2n) is 4.34. The second-order valence-corrected chi connectivity index (χ2v) is 4.34. The minimum atomic E-state index is -2.93. The number of hydrogen-bond acceptors (Lipinski definition) is 3. The Morgan fingerprint density at radius 2 is 1.91 bits per heavy atom. The summed E-state index contributed by atoms with van der Waals surface area (Å²) >= 11 is 0. The molecular formula is C17H11F2NO2. The maximum Gasteiger partial charge on any atom is 0.387 e. The first-order chi connectivity index (χ1) is 10.6. The molecule has 2 rings (SSSR count). The van der Waals surface area contributed by atoms with Crippen LogP contribution in [0.1, 0.15) is 21.5 Å². The average molecular weight is 299 g/mol. The highest BCUT2D eigenvalue weighted by Gasteiger charge is 2.07. The monoisotopic (exact) mass is 299 g/mol. The fraction of sp³-hybridized carbons (Fsp3) is 0.0588. The molecule has 110 valence electrons. The third kappa shape index (κ3) is 4.25. The first-order valence-electron chi connectivity index (χ1n) is 6.36. The van der Waals surface area contributed by atoms with E-state index in [1.54, 1.807) is 30.3 Å². The number of nitriles is 1. The lowest BCUT2D eigenvalue weighted by molar-refractivity contribution is -0.0498. The van der Waals surface area contributed by atoms with Gasteiger partial charge in [-0.05, 0) is 35.9 Å². The lowest BCUT2D eigenvalue weighted by Crippen LogP contribution is -2.03. The Morgan fingerprint density at radius 3 is 2.55 bits per heavy atom. The van der Waals surface area contributed by atoms with Gasteiger partial charge in [-0.2, -0.15) is 14.0 Å². The number of ether oxygens (including phenoxy) is 1. The Kier molecular flexibility index (Phi) is 4.99. The Balaban J connectivity index is 2.11. The quantitative estimate of drug-likeness (QED) is 0.618. The van der Waals surface area contributed by atoms with Crippen LogP contribution < -0.4 is 4.74 Å². The third-order valence-corrected chi connectivity index (χ3v) is 2.81. The number of rotatable bonds is 5. The summed E-state index contributed by atoms with van der Waals surface area (Å²) < 4.78 is 28.5. The van der Waals surface area contributed by atoms with Gasteiger partial charge in [-0.1, -0.05) is 30.3 Å². The molecule has 0 aliphatic heterocycles. The van der Waals surface area contributed by atoms with E-state index >= 15 is 0 Å². The lowest BCUT2D eigenvalue weighted by atomic mass is 10.1. The molecule has 2 aromatic rings. The molecular weight excluding hydrogens is 288 g/mol. The van der Waals surface area contributed by atoms with Gasteiger partial charge in [0, 0.05) is 5.56 Å². The molecule has 0 fully saturated rings. The zero-order chi connectivity index (χ0) is 15.9. The molecule has 0 amide bonds. The van der Waals surface area contributed by atoms with Gasteiger partial charge in [0.25, 0.3) is 0 Å². The fourth-order valence-corrected chi connectivity index (χ4v) is 1.76. The number of ketones is 1. The molecule has 0 aliphatic rings. The van der Waals surface area contributed by atoms with E-state index in [-0.39, 0.29) is 17.1 Å². The molecule has 0 unspecified atom stereocenters. The van der Waals surface area contributed by atoms with Crippen LogP contribution in [0.5, 0.6) is 5.75 Å². The smallest absolute Gasteiger partial charge is 0.387 e. The lowest BCUT2D eigenvalue weighted by Gasteiger charge is -2.04. The topological polar surface area (TPSA) is 50.1 Å². The number of carbonyl (C=O) groups excluding carboxylic acids is 1. The summed E-state index contributed by atoms with van der Waals surface area (Å²) in [6.07, 6.45) is 2.92. The largest absolute Gasteiger partial charge is 0.435 e. The highest BCUT2D eigenvalue weighted by molar-refractivity contribution is 6.07. The number of allylic oxidation sites excluding steroid dienone is 1. The fourth-order valence-electron chi connectivity index (χ4n) is 1.76. The molecule has 0 spiro atoms. The van der Waals surface area contributed by atoms with E-state index in [0.717, 1.165) is 5.56 Å². The minimum absolute atomic E-state index is 0.0624. The predicted molar refractivity (Wildman–Crippen MR) is 77.6 cm³/mol. The van der Waals surface area contributed by atoms with E-state index in [4.69, 9.17) is 5.26 Å². The Bertz CT molecular complexity index is 731. The maximum absolute atomic E-state index is 12.1. The van der Waals surface area contributed by atoms with Crippen LogP contribution in [-0.2, 0) is 0 Å². The van der Waals surface area contributed by atoms with E-state index in [1.807, 2.05) is 6.07 Å². The summed E-state index contributed by atoms with van der Waals surface area (Å²) in [6.45, 7) is -2.93. The van der Waals surface area contributed by atoms with E-state index < -0.39 is 6.61 Å². The zero-order valence-electron chi connectivity index (χ0n) is 11.4. The Hall–Kier alpha value is -3.00. The summed E-state index contributed by atoms with van der Waals surface area (Å²) in [7, 11) is 0. The van der Waals surface area contributed by atoms with Crippen molar-refractivity contribution in [2.45, 2.75) is 6.61 Å². The highest BCUT2D eigenvalue weighted by Crippen LogP contribution is 2.17. The van der Waals surface area contributed by atoms with Crippen LogP contribution >= 0.6 is 0 Å². The number of benzene rings is 2. The van der Waals surface area contributed by atoms with E-state index in [2.05, 4.69) is 4.74 Å². The van der Waals surface area contributed by atoms with E-state index in [1.165, 1.54) is 30.3 Å². The van der Waals surface area contributed by atoms with Gasteiger partial charge < -0.3 is 4.74 Å². The van der Waals surface area contributed by atoms with Crippen molar-refractivity contribution in [1.29, 1.82) is 5.26 Å². The molecule has 5 heteroatoms. The summed E-state index contributed by atoms with van der Waals surface area (Å²) in [5.41, 5.74) is 1.54. The number of halogens is 2. The molecule has 0 atom stereocenters. The number of alkyl halides is 2. The van der Waals surface area contributed by atoms with Crippen molar-refractivity contribution < 1.29 is 18.3 Å². The molecule has 0 bridgehead atoms. The minimum Gasteiger partial charge on any atom is -0.435 e. The van der Waals surface area contributed by atoms with E-state index in [9.17, 15) is 13.6 Å². The Labute approximate surface area is 126 Å². The van der Waals surface area contributed by atoms with Crippen LogP contribution in [-0.4, -0.2) is 12.4 Å². The van der Waals surface area contributed by atoms with Crippen molar-refractivity contribution in [2.24, 2.45) is 0 Å². The molecule has 0 saturated heterocycles. The maximum atomic E-state index is 12.1. The van der Waals surface area contributed by atoms with E-state index in [0.29, 0.717) is 5.56 Å². The summed E-state index contributed by atoms with van der Waals surface area (Å²) in [5.74, 6) is -0.392. The van der Waals surface area contributed by atoms with Gasteiger partial charge >= 0.3 is 6.61 Å². The van der Waals surface area contributed by atoms with Crippen LogP contribution in [0, 0.1) is 11.3 Å². The summed E-state index contributed by atoms with van der Waals surface area (Å²) in [4.78, 5) is 12.0. The van der Waals surface area contributed by atoms with Crippen molar-refractivity contribution in [3.63, 3.8) is 0 Å². The summed E-state index contributed by atoms with van der Waals surface area (Å²) in [6, 6.07) is 14.3. The van der Waals surface area contributed by atoms with Gasteiger partial charge in [0.15, 0.2) is 5.78 Å². The van der Waals surface area contributed by atoms with Crippen molar-refractivity contribution in [3.8, 4) is 11.8 Å². The Morgan fingerprint density at radius 1 is 1.18 bits per heavy atom. The number of nitrogens with zero attached hydrogens (tertiary/aromatic N) is 1. The van der Waals surface area contributed by atoms with Crippen LogP contribution in [0.2, 0.25) is 0 Å². The molecule has 0 radical (unpaired) electrons. The highest BCUT2D eigenvalue weighted by atomic mass is 19.3. The SMILES string of the molecule is N#Cc1ccc(/C=C/C(=O)c2cccc(OC(F)F)c2)cc1. The standard InChI is InChI=1S/C17H11F2NO2/c18-17(19)22-15-3-1-2-14(10-15)16(21)9-8-12-4-6-13(11-20)7-5-12/h1-10,17H/b9-8+. The second kappa shape index (κ2) is 7.14. The third-order valence-electron chi connectivity index (χ3n) is 2.81. The molecule has 0 heterocycles. The van der Waals surface area contributed by atoms with Gasteiger partial charge in [0.1, 0.15) is 5.75 Å². The average Bonchev–Trinajstić information content (AvgIpc) is 2.52. The van der Waals surface area contributed by atoms with Crippen LogP contribution in [0.25, 0.3) is 6.08 Å². The van der Waals surface area contributed by atoms with Crippen LogP contribution in [0.15, 0.2) is 54.6 Å². The molecule has 2 aromatic carbocycles. The first-order valence-corrected chi connectivity index (χ1v) is 6.36. The van der Waals surface area contributed by atoms with Gasteiger partial charge in [0.05, 0.1) is 11.6 Å². The molecule has 3 nitrogen and oxygen atoms in total.